The summed E-state index contributed by atoms with van der Waals surface area (Å²) in [4.78, 5) is 51.4. The average Bonchev–Trinajstić information content (AvgIpc) is 3.30. The van der Waals surface area contributed by atoms with Gasteiger partial charge in [-0.1, -0.05) is 35.9 Å². The molecule has 2 aliphatic rings. The summed E-state index contributed by atoms with van der Waals surface area (Å²) in [6.07, 6.45) is 1.59. The number of halogens is 1. The van der Waals surface area contributed by atoms with Crippen LogP contribution >= 0.6 is 11.6 Å². The van der Waals surface area contributed by atoms with Gasteiger partial charge in [-0.3, -0.25) is 19.2 Å². The maximum absolute atomic E-state index is 13.0. The van der Waals surface area contributed by atoms with E-state index in [1.165, 1.54) is 12.3 Å². The summed E-state index contributed by atoms with van der Waals surface area (Å²) in [6.45, 7) is 0. The minimum absolute atomic E-state index is 0.0191. The van der Waals surface area contributed by atoms with Gasteiger partial charge in [-0.25, -0.2) is 4.90 Å². The minimum Gasteiger partial charge on any atom is -0.463 e. The molecule has 1 aliphatic carbocycles. The number of hydrogen-bond donors (Lipinski definition) is 0. The van der Waals surface area contributed by atoms with Gasteiger partial charge in [0.15, 0.2) is 0 Å². The maximum atomic E-state index is 13.0. The summed E-state index contributed by atoms with van der Waals surface area (Å²) in [7, 11) is 0. The summed E-state index contributed by atoms with van der Waals surface area (Å²) in [5.41, 5.74) is 1.87. The molecule has 2 amide bonds. The first-order valence-electron chi connectivity index (χ1n) is 8.93. The fourth-order valence-electron chi connectivity index (χ4n) is 3.85. The summed E-state index contributed by atoms with van der Waals surface area (Å²) in [6, 6.07) is 11.6. The third-order valence-electron chi connectivity index (χ3n) is 5.19. The van der Waals surface area contributed by atoms with Crippen LogP contribution in [0.4, 0.5) is 5.69 Å². The summed E-state index contributed by atoms with van der Waals surface area (Å²) in [5.74, 6) is -2.05. The molecule has 1 aliphatic heterocycles. The maximum Gasteiger partial charge on any atom is 0.238 e. The van der Waals surface area contributed by atoms with E-state index in [4.69, 9.17) is 16.0 Å². The highest BCUT2D eigenvalue weighted by molar-refractivity contribution is 6.55. The molecule has 1 aromatic heterocycles. The zero-order chi connectivity index (χ0) is 20.3. The fourth-order valence-corrected chi connectivity index (χ4v) is 3.98. The van der Waals surface area contributed by atoms with Crippen LogP contribution in [0.15, 0.2) is 53.1 Å². The molecule has 2 aromatic carbocycles. The number of hydrogen-bond acceptors (Lipinski definition) is 5. The number of rotatable bonds is 2. The molecule has 0 radical (unpaired) electrons. The van der Waals surface area contributed by atoms with Gasteiger partial charge in [0.05, 0.1) is 23.1 Å². The number of furan rings is 1. The average molecular weight is 406 g/mol. The molecule has 0 N–H and O–H groups in total. The van der Waals surface area contributed by atoms with Gasteiger partial charge < -0.3 is 4.42 Å². The Balaban J connectivity index is 1.73. The van der Waals surface area contributed by atoms with E-state index in [9.17, 15) is 19.2 Å². The van der Waals surface area contributed by atoms with E-state index in [2.05, 4.69) is 0 Å². The standard InChI is InChI=1S/C22H12ClNO5/c23-12-6-4-11(5-7-12)14-10-29-22-13-2-1-3-15(24-16(25)8-9-17(24)26)18(13)20(27)21(28)19(14)22/h1-7,10H,8-9H2. The lowest BCUT2D eigenvalue weighted by atomic mass is 9.84. The first-order valence-corrected chi connectivity index (χ1v) is 9.31. The molecule has 0 unspecified atom stereocenters. The first-order chi connectivity index (χ1) is 14.0. The molecule has 142 valence electrons. The van der Waals surface area contributed by atoms with Crippen LogP contribution in [0.3, 0.4) is 0 Å². The van der Waals surface area contributed by atoms with Gasteiger partial charge in [-0.2, -0.15) is 0 Å². The Labute approximate surface area is 169 Å². The number of amides is 2. The van der Waals surface area contributed by atoms with E-state index in [0.29, 0.717) is 21.7 Å². The Morgan fingerprint density at radius 1 is 0.793 bits per heavy atom. The second kappa shape index (κ2) is 6.25. The number of benzene rings is 2. The molecule has 7 heteroatoms. The van der Waals surface area contributed by atoms with E-state index in [1.807, 2.05) is 0 Å². The highest BCUT2D eigenvalue weighted by atomic mass is 35.5. The fraction of sp³-hybridized carbons (Fsp3) is 0.0909. The molecule has 3 aromatic rings. The van der Waals surface area contributed by atoms with Crippen molar-refractivity contribution in [1.29, 1.82) is 0 Å². The summed E-state index contributed by atoms with van der Waals surface area (Å²) >= 11 is 5.93. The van der Waals surface area contributed by atoms with Crippen LogP contribution in [0.25, 0.3) is 22.5 Å². The van der Waals surface area contributed by atoms with Crippen LogP contribution < -0.4 is 4.90 Å². The van der Waals surface area contributed by atoms with Gasteiger partial charge in [0.1, 0.15) is 5.76 Å². The zero-order valence-corrected chi connectivity index (χ0v) is 15.7. The number of nitrogens with zero attached hydrogens (tertiary/aromatic N) is 1. The van der Waals surface area contributed by atoms with Crippen molar-refractivity contribution in [3.63, 3.8) is 0 Å². The van der Waals surface area contributed by atoms with Crippen molar-refractivity contribution in [2.24, 2.45) is 0 Å². The predicted molar refractivity (Wildman–Crippen MR) is 105 cm³/mol. The van der Waals surface area contributed by atoms with Crippen LogP contribution in [0.5, 0.6) is 0 Å². The smallest absolute Gasteiger partial charge is 0.238 e. The molecular formula is C22H12ClNO5. The zero-order valence-electron chi connectivity index (χ0n) is 14.9. The number of anilines is 1. The summed E-state index contributed by atoms with van der Waals surface area (Å²) in [5, 5.41) is 0.545. The van der Waals surface area contributed by atoms with Crippen molar-refractivity contribution >= 4 is 40.7 Å². The van der Waals surface area contributed by atoms with Crippen molar-refractivity contribution in [3.05, 3.63) is 64.9 Å². The second-order valence-electron chi connectivity index (χ2n) is 6.84. The molecule has 0 saturated carbocycles. The Bertz CT molecular complexity index is 1220. The van der Waals surface area contributed by atoms with E-state index in [-0.39, 0.29) is 35.4 Å². The van der Waals surface area contributed by atoms with E-state index < -0.39 is 23.4 Å². The Morgan fingerprint density at radius 3 is 2.14 bits per heavy atom. The van der Waals surface area contributed by atoms with Gasteiger partial charge >= 0.3 is 0 Å². The molecule has 2 heterocycles. The number of ketones is 2. The largest absolute Gasteiger partial charge is 0.463 e. The van der Waals surface area contributed by atoms with Gasteiger partial charge in [0, 0.05) is 29.0 Å². The van der Waals surface area contributed by atoms with Crippen LogP contribution in [0.2, 0.25) is 5.02 Å². The molecular weight excluding hydrogens is 394 g/mol. The van der Waals surface area contributed by atoms with E-state index in [1.54, 1.807) is 36.4 Å². The molecule has 0 spiro atoms. The van der Waals surface area contributed by atoms with Gasteiger partial charge in [0.25, 0.3) is 0 Å². The van der Waals surface area contributed by atoms with Crippen LogP contribution in [-0.4, -0.2) is 23.4 Å². The van der Waals surface area contributed by atoms with Crippen LogP contribution in [0.1, 0.15) is 33.6 Å². The van der Waals surface area contributed by atoms with Crippen molar-refractivity contribution in [3.8, 4) is 22.5 Å². The lowest BCUT2D eigenvalue weighted by molar-refractivity contribution is -0.121. The van der Waals surface area contributed by atoms with E-state index >= 15 is 0 Å². The number of carbonyl (C=O) groups is 4. The Hall–Kier alpha value is -3.51. The van der Waals surface area contributed by atoms with Crippen molar-refractivity contribution < 1.29 is 23.6 Å². The second-order valence-corrected chi connectivity index (χ2v) is 7.28. The third kappa shape index (κ3) is 2.49. The lowest BCUT2D eigenvalue weighted by Gasteiger charge is -2.22. The van der Waals surface area contributed by atoms with Gasteiger partial charge in [0.2, 0.25) is 23.4 Å². The molecule has 5 rings (SSSR count). The molecule has 0 atom stereocenters. The SMILES string of the molecule is O=C1C(=O)c2c(-c3ccc(Cl)cc3)coc2-c2cccc(N3C(=O)CCC3=O)c21. The number of carbonyl (C=O) groups excluding carboxylic acids is 4. The summed E-state index contributed by atoms with van der Waals surface area (Å²) < 4.78 is 5.69. The quantitative estimate of drug-likeness (QED) is 0.468. The van der Waals surface area contributed by atoms with Gasteiger partial charge in [-0.15, -0.1) is 0 Å². The Morgan fingerprint density at radius 2 is 1.45 bits per heavy atom. The molecule has 1 saturated heterocycles. The number of imide groups is 1. The topological polar surface area (TPSA) is 84.7 Å². The molecule has 0 bridgehead atoms. The minimum atomic E-state index is -0.771. The van der Waals surface area contributed by atoms with Crippen LogP contribution in [0, 0.1) is 0 Å². The first kappa shape index (κ1) is 17.6. The van der Waals surface area contributed by atoms with Gasteiger partial charge in [-0.05, 0) is 23.8 Å². The lowest BCUT2D eigenvalue weighted by Crippen LogP contribution is -2.32. The molecule has 1 fully saturated rings. The van der Waals surface area contributed by atoms with Crippen molar-refractivity contribution in [2.75, 3.05) is 4.90 Å². The number of Topliss-reactive ketones (excluding diaryl/α,β-unsaturated/α-hetero) is 2. The molecule has 6 nitrogen and oxygen atoms in total. The predicted octanol–water partition coefficient (Wildman–Crippen LogP) is 4.30. The number of fused-ring (bicyclic) bond motifs is 3. The van der Waals surface area contributed by atoms with Crippen molar-refractivity contribution in [2.45, 2.75) is 12.8 Å². The van der Waals surface area contributed by atoms with E-state index in [0.717, 1.165) is 4.90 Å². The Kier molecular flexibility index (Phi) is 3.79. The monoisotopic (exact) mass is 405 g/mol. The van der Waals surface area contributed by atoms with Crippen LogP contribution in [-0.2, 0) is 9.59 Å². The normalized spacial score (nSPS) is 15.7. The highest BCUT2D eigenvalue weighted by Gasteiger charge is 2.41. The highest BCUT2D eigenvalue weighted by Crippen LogP contribution is 2.44. The third-order valence-corrected chi connectivity index (χ3v) is 5.44. The van der Waals surface area contributed by atoms with Crippen molar-refractivity contribution in [1.82, 2.24) is 0 Å². The molecule has 29 heavy (non-hydrogen) atoms.